The lowest BCUT2D eigenvalue weighted by molar-refractivity contribution is 0.589. The van der Waals surface area contributed by atoms with E-state index in [-0.39, 0.29) is 0 Å². The highest BCUT2D eigenvalue weighted by molar-refractivity contribution is 5.49. The number of aromatic nitrogens is 1. The van der Waals surface area contributed by atoms with Gasteiger partial charge in [0, 0.05) is 33.2 Å². The van der Waals surface area contributed by atoms with Crippen LogP contribution in [0.2, 0.25) is 0 Å². The summed E-state index contributed by atoms with van der Waals surface area (Å²) in [6, 6.07) is 4.13. The number of piperazine rings is 1. The minimum absolute atomic E-state index is 0.920. The summed E-state index contributed by atoms with van der Waals surface area (Å²) in [5, 5.41) is 6.35. The molecular formula is C12H22N4. The van der Waals surface area contributed by atoms with Crippen molar-refractivity contribution in [3.63, 3.8) is 0 Å². The molecule has 0 aromatic carbocycles. The van der Waals surface area contributed by atoms with Gasteiger partial charge in [-0.15, -0.1) is 0 Å². The van der Waals surface area contributed by atoms with E-state index in [1.54, 1.807) is 0 Å². The highest BCUT2D eigenvalue weighted by Gasteiger charge is 2.09. The van der Waals surface area contributed by atoms with Crippen molar-refractivity contribution in [1.29, 1.82) is 0 Å². The smallest absolute Gasteiger partial charge is 0.125 e. The summed E-state index contributed by atoms with van der Waals surface area (Å²) in [5.74, 6) is 0.920. The van der Waals surface area contributed by atoms with Crippen LogP contribution in [0.15, 0.2) is 18.3 Å². The molecule has 1 fully saturated rings. The number of anilines is 2. The molecule has 1 aliphatic rings. The minimum atomic E-state index is 0.920. The van der Waals surface area contributed by atoms with Crippen molar-refractivity contribution < 1.29 is 0 Å². The SMILES string of the molecule is CC.CNc1ccc(N2CCNCC2)cn1. The molecule has 4 heteroatoms. The summed E-state index contributed by atoms with van der Waals surface area (Å²) in [6.07, 6.45) is 1.93. The first kappa shape index (κ1) is 12.8. The first-order valence-corrected chi connectivity index (χ1v) is 5.99. The largest absolute Gasteiger partial charge is 0.373 e. The maximum atomic E-state index is 4.30. The fourth-order valence-electron chi connectivity index (χ4n) is 1.64. The van der Waals surface area contributed by atoms with Gasteiger partial charge in [0.05, 0.1) is 11.9 Å². The Morgan fingerprint density at radius 3 is 2.44 bits per heavy atom. The first-order valence-electron chi connectivity index (χ1n) is 5.99. The van der Waals surface area contributed by atoms with Crippen LogP contribution in [0.1, 0.15) is 13.8 Å². The fourth-order valence-corrected chi connectivity index (χ4v) is 1.64. The lowest BCUT2D eigenvalue weighted by Gasteiger charge is -2.29. The Kier molecular flexibility index (Phi) is 5.64. The molecule has 0 atom stereocenters. The number of hydrogen-bond acceptors (Lipinski definition) is 4. The van der Waals surface area contributed by atoms with Gasteiger partial charge in [0.2, 0.25) is 0 Å². The van der Waals surface area contributed by atoms with Crippen LogP contribution in [0, 0.1) is 0 Å². The van der Waals surface area contributed by atoms with Crippen molar-refractivity contribution >= 4 is 11.5 Å². The van der Waals surface area contributed by atoms with Gasteiger partial charge < -0.3 is 15.5 Å². The Morgan fingerprint density at radius 2 is 1.94 bits per heavy atom. The van der Waals surface area contributed by atoms with Crippen molar-refractivity contribution in [3.05, 3.63) is 18.3 Å². The fraction of sp³-hybridized carbons (Fsp3) is 0.583. The van der Waals surface area contributed by atoms with Gasteiger partial charge in [0.25, 0.3) is 0 Å². The quantitative estimate of drug-likeness (QED) is 0.796. The lowest BCUT2D eigenvalue weighted by atomic mass is 10.3. The van der Waals surface area contributed by atoms with E-state index in [1.165, 1.54) is 5.69 Å². The van der Waals surface area contributed by atoms with Crippen LogP contribution in [0.25, 0.3) is 0 Å². The van der Waals surface area contributed by atoms with Gasteiger partial charge in [0.1, 0.15) is 5.82 Å². The van der Waals surface area contributed by atoms with E-state index in [2.05, 4.69) is 26.6 Å². The second-order valence-electron chi connectivity index (χ2n) is 3.39. The molecule has 2 rings (SSSR count). The van der Waals surface area contributed by atoms with Gasteiger partial charge in [-0.2, -0.15) is 0 Å². The maximum Gasteiger partial charge on any atom is 0.125 e. The summed E-state index contributed by atoms with van der Waals surface area (Å²) in [6.45, 7) is 8.27. The standard InChI is InChI=1S/C10H16N4.C2H6/c1-11-10-3-2-9(8-13-10)14-6-4-12-5-7-14;1-2/h2-3,8,12H,4-7H2,1H3,(H,11,13);1-2H3. The molecule has 1 aromatic rings. The van der Waals surface area contributed by atoms with Gasteiger partial charge in [-0.3, -0.25) is 0 Å². The Hall–Kier alpha value is -1.29. The molecule has 1 aromatic heterocycles. The van der Waals surface area contributed by atoms with Crippen LogP contribution in [0.3, 0.4) is 0 Å². The molecule has 1 saturated heterocycles. The summed E-state index contributed by atoms with van der Waals surface area (Å²) in [7, 11) is 1.88. The van der Waals surface area contributed by atoms with Crippen molar-refractivity contribution in [2.24, 2.45) is 0 Å². The Morgan fingerprint density at radius 1 is 1.25 bits per heavy atom. The Balaban J connectivity index is 0.000000606. The van der Waals surface area contributed by atoms with Crippen molar-refractivity contribution in [1.82, 2.24) is 10.3 Å². The molecule has 0 bridgehead atoms. The molecule has 0 unspecified atom stereocenters. The average molecular weight is 222 g/mol. The third kappa shape index (κ3) is 3.38. The van der Waals surface area contributed by atoms with E-state index in [0.29, 0.717) is 0 Å². The van der Waals surface area contributed by atoms with Crippen LogP contribution in [-0.2, 0) is 0 Å². The van der Waals surface area contributed by atoms with Crippen molar-refractivity contribution in [2.75, 3.05) is 43.4 Å². The van der Waals surface area contributed by atoms with E-state index in [1.807, 2.05) is 33.2 Å². The first-order chi connectivity index (χ1) is 7.90. The topological polar surface area (TPSA) is 40.2 Å². The van der Waals surface area contributed by atoms with Crippen LogP contribution in [0.4, 0.5) is 11.5 Å². The zero-order chi connectivity index (χ0) is 11.8. The number of hydrogen-bond donors (Lipinski definition) is 2. The summed E-state index contributed by atoms with van der Waals surface area (Å²) >= 11 is 0. The minimum Gasteiger partial charge on any atom is -0.373 e. The van der Waals surface area contributed by atoms with Gasteiger partial charge in [-0.1, -0.05) is 13.8 Å². The van der Waals surface area contributed by atoms with Crippen LogP contribution >= 0.6 is 0 Å². The maximum absolute atomic E-state index is 4.30. The number of pyridine rings is 1. The number of nitrogens with one attached hydrogen (secondary N) is 2. The normalized spacial score (nSPS) is 15.1. The molecule has 0 amide bonds. The van der Waals surface area contributed by atoms with Crippen molar-refractivity contribution in [2.45, 2.75) is 13.8 Å². The molecular weight excluding hydrogens is 200 g/mol. The lowest BCUT2D eigenvalue weighted by Crippen LogP contribution is -2.43. The highest BCUT2D eigenvalue weighted by atomic mass is 15.2. The van der Waals surface area contributed by atoms with E-state index in [4.69, 9.17) is 0 Å². The molecule has 0 saturated carbocycles. The second-order valence-corrected chi connectivity index (χ2v) is 3.39. The monoisotopic (exact) mass is 222 g/mol. The van der Waals surface area contributed by atoms with Gasteiger partial charge in [-0.25, -0.2) is 4.98 Å². The van der Waals surface area contributed by atoms with Gasteiger partial charge in [-0.05, 0) is 12.1 Å². The molecule has 0 spiro atoms. The molecule has 2 N–H and O–H groups in total. The van der Waals surface area contributed by atoms with Gasteiger partial charge >= 0.3 is 0 Å². The van der Waals surface area contributed by atoms with E-state index >= 15 is 0 Å². The van der Waals surface area contributed by atoms with Crippen LogP contribution in [0.5, 0.6) is 0 Å². The summed E-state index contributed by atoms with van der Waals surface area (Å²) < 4.78 is 0. The zero-order valence-corrected chi connectivity index (χ0v) is 10.5. The molecule has 0 radical (unpaired) electrons. The highest BCUT2D eigenvalue weighted by Crippen LogP contribution is 2.14. The molecule has 90 valence electrons. The Labute approximate surface area is 98.1 Å². The van der Waals surface area contributed by atoms with Crippen molar-refractivity contribution in [3.8, 4) is 0 Å². The zero-order valence-electron chi connectivity index (χ0n) is 10.5. The van der Waals surface area contributed by atoms with Gasteiger partial charge in [0.15, 0.2) is 0 Å². The summed E-state index contributed by atoms with van der Waals surface area (Å²) in [4.78, 5) is 6.65. The second kappa shape index (κ2) is 7.06. The molecule has 2 heterocycles. The predicted molar refractivity (Wildman–Crippen MR) is 70.2 cm³/mol. The number of rotatable bonds is 2. The summed E-state index contributed by atoms with van der Waals surface area (Å²) in [5.41, 5.74) is 1.21. The van der Waals surface area contributed by atoms with E-state index < -0.39 is 0 Å². The third-order valence-electron chi connectivity index (χ3n) is 2.49. The third-order valence-corrected chi connectivity index (χ3v) is 2.49. The van der Waals surface area contributed by atoms with Crippen LogP contribution in [-0.4, -0.2) is 38.2 Å². The molecule has 1 aliphatic heterocycles. The molecule has 4 nitrogen and oxygen atoms in total. The van der Waals surface area contributed by atoms with E-state index in [0.717, 1.165) is 32.0 Å². The van der Waals surface area contributed by atoms with Crippen LogP contribution < -0.4 is 15.5 Å². The Bertz CT molecular complexity index is 278. The van der Waals surface area contributed by atoms with E-state index in [9.17, 15) is 0 Å². The molecule has 16 heavy (non-hydrogen) atoms. The number of nitrogens with zero attached hydrogens (tertiary/aromatic N) is 2. The molecule has 0 aliphatic carbocycles. The average Bonchev–Trinajstić information content (AvgIpc) is 2.42. The predicted octanol–water partition coefficient (Wildman–Crippen LogP) is 1.56.